The van der Waals surface area contributed by atoms with Crippen molar-refractivity contribution in [1.82, 2.24) is 19.7 Å². The van der Waals surface area contributed by atoms with E-state index in [1.165, 1.54) is 23.3 Å². The summed E-state index contributed by atoms with van der Waals surface area (Å²) in [5, 5.41) is 6.55. The zero-order valence-corrected chi connectivity index (χ0v) is 13.3. The summed E-state index contributed by atoms with van der Waals surface area (Å²) >= 11 is 0. The Morgan fingerprint density at radius 3 is 2.80 bits per heavy atom. The molecule has 0 aliphatic carbocycles. The molecule has 0 aliphatic heterocycles. The van der Waals surface area contributed by atoms with Crippen molar-refractivity contribution in [3.05, 3.63) is 42.2 Å². The van der Waals surface area contributed by atoms with Crippen molar-refractivity contribution in [2.45, 2.75) is 13.5 Å². The van der Waals surface area contributed by atoms with E-state index in [1.807, 2.05) is 6.92 Å². The Balaban J connectivity index is 1.82. The van der Waals surface area contributed by atoms with Gasteiger partial charge in [-0.1, -0.05) is 0 Å². The van der Waals surface area contributed by atoms with Gasteiger partial charge in [0.2, 0.25) is 5.89 Å². The van der Waals surface area contributed by atoms with Crippen LogP contribution in [0.5, 0.6) is 0 Å². The predicted octanol–water partition coefficient (Wildman–Crippen LogP) is 0.886. The van der Waals surface area contributed by atoms with Crippen LogP contribution in [0.3, 0.4) is 0 Å². The van der Waals surface area contributed by atoms with Crippen LogP contribution in [-0.4, -0.2) is 31.6 Å². The second-order valence-corrected chi connectivity index (χ2v) is 5.08. The third-order valence-electron chi connectivity index (χ3n) is 3.34. The summed E-state index contributed by atoms with van der Waals surface area (Å²) in [5.41, 5.74) is 11.6. The maximum absolute atomic E-state index is 12.3. The Kier molecular flexibility index (Phi) is 4.16. The van der Waals surface area contributed by atoms with E-state index in [-0.39, 0.29) is 23.0 Å². The molecule has 0 unspecified atom stereocenters. The quantitative estimate of drug-likeness (QED) is 0.622. The Labute approximate surface area is 141 Å². The lowest BCUT2D eigenvalue weighted by Crippen LogP contribution is -2.18. The lowest BCUT2D eigenvalue weighted by Gasteiger charge is -2.00. The van der Waals surface area contributed by atoms with Crippen LogP contribution < -0.4 is 16.8 Å². The predicted molar refractivity (Wildman–Crippen MR) is 88.5 cm³/mol. The molecule has 0 saturated carbocycles. The van der Waals surface area contributed by atoms with E-state index >= 15 is 0 Å². The minimum absolute atomic E-state index is 0.0262. The maximum atomic E-state index is 12.3. The number of hydrogen-bond acceptors (Lipinski definition) is 7. The number of hydrogen-bond donors (Lipinski definition) is 3. The number of rotatable bonds is 5. The summed E-state index contributed by atoms with van der Waals surface area (Å²) in [6, 6.07) is 3.27. The first-order valence-corrected chi connectivity index (χ1v) is 7.34. The smallest absolute Gasteiger partial charge is 0.277 e. The Hall–Kier alpha value is -3.69. The number of oxazole rings is 1. The first kappa shape index (κ1) is 16.2. The van der Waals surface area contributed by atoms with Gasteiger partial charge in [0, 0.05) is 18.9 Å². The summed E-state index contributed by atoms with van der Waals surface area (Å²) in [4.78, 5) is 31.8. The Morgan fingerprint density at radius 2 is 2.16 bits per heavy atom. The molecule has 0 atom stereocenters. The van der Waals surface area contributed by atoms with Gasteiger partial charge in [-0.2, -0.15) is 5.10 Å². The molecule has 0 aromatic carbocycles. The van der Waals surface area contributed by atoms with Crippen molar-refractivity contribution in [1.29, 1.82) is 0 Å². The molecule has 3 aromatic heterocycles. The van der Waals surface area contributed by atoms with Crippen LogP contribution in [0.4, 0.5) is 11.5 Å². The van der Waals surface area contributed by atoms with Gasteiger partial charge in [-0.25, -0.2) is 9.97 Å². The number of amides is 2. The molecule has 0 spiro atoms. The second kappa shape index (κ2) is 6.43. The number of nitrogen functional groups attached to an aromatic ring is 1. The van der Waals surface area contributed by atoms with Gasteiger partial charge < -0.3 is 21.2 Å². The van der Waals surface area contributed by atoms with Gasteiger partial charge in [0.25, 0.3) is 11.8 Å². The Bertz CT molecular complexity index is 927. The number of primary amides is 1. The highest BCUT2D eigenvalue weighted by Crippen LogP contribution is 2.20. The molecule has 25 heavy (non-hydrogen) atoms. The van der Waals surface area contributed by atoms with Crippen LogP contribution in [0.25, 0.3) is 11.5 Å². The van der Waals surface area contributed by atoms with Gasteiger partial charge in [0.15, 0.2) is 11.4 Å². The molecule has 5 N–H and O–H groups in total. The van der Waals surface area contributed by atoms with E-state index in [9.17, 15) is 9.59 Å². The van der Waals surface area contributed by atoms with Crippen molar-refractivity contribution in [3.8, 4) is 11.5 Å². The summed E-state index contributed by atoms with van der Waals surface area (Å²) in [6.45, 7) is 2.36. The number of anilines is 2. The highest BCUT2D eigenvalue weighted by Gasteiger charge is 2.19. The molecular formula is C15H15N7O3. The molecule has 3 heterocycles. The second-order valence-electron chi connectivity index (χ2n) is 5.08. The molecule has 0 aliphatic rings. The van der Waals surface area contributed by atoms with Gasteiger partial charge in [0.05, 0.1) is 11.3 Å². The highest BCUT2D eigenvalue weighted by atomic mass is 16.3. The van der Waals surface area contributed by atoms with Crippen molar-refractivity contribution in [3.63, 3.8) is 0 Å². The number of nitrogens with two attached hydrogens (primary N) is 2. The first-order chi connectivity index (χ1) is 12.0. The molecule has 0 saturated heterocycles. The van der Waals surface area contributed by atoms with Gasteiger partial charge in [-0.05, 0) is 19.1 Å². The third-order valence-corrected chi connectivity index (χ3v) is 3.34. The van der Waals surface area contributed by atoms with Crippen molar-refractivity contribution >= 4 is 23.3 Å². The van der Waals surface area contributed by atoms with Crippen LogP contribution in [0, 0.1) is 0 Å². The van der Waals surface area contributed by atoms with Crippen molar-refractivity contribution in [2.75, 3.05) is 11.1 Å². The van der Waals surface area contributed by atoms with Gasteiger partial charge >= 0.3 is 0 Å². The van der Waals surface area contributed by atoms with E-state index < -0.39 is 11.8 Å². The van der Waals surface area contributed by atoms with Crippen molar-refractivity contribution < 1.29 is 14.0 Å². The van der Waals surface area contributed by atoms with E-state index in [4.69, 9.17) is 15.9 Å². The van der Waals surface area contributed by atoms with Crippen LogP contribution >= 0.6 is 0 Å². The number of carbonyl (C=O) groups excluding carboxylic acids is 2. The maximum Gasteiger partial charge on any atom is 0.277 e. The molecule has 2 amide bonds. The Morgan fingerprint density at radius 1 is 1.36 bits per heavy atom. The highest BCUT2D eigenvalue weighted by molar-refractivity contribution is 6.07. The number of aromatic nitrogens is 4. The van der Waals surface area contributed by atoms with Gasteiger partial charge in [-0.15, -0.1) is 0 Å². The SMILES string of the molecule is CCn1cc(NC(=O)c2coc(-c3ccc(N)nc3)n2)c(C(N)=O)n1. The fourth-order valence-corrected chi connectivity index (χ4v) is 2.09. The van der Waals surface area contributed by atoms with Crippen LogP contribution in [0.15, 0.2) is 35.2 Å². The van der Waals surface area contributed by atoms with Crippen LogP contribution in [-0.2, 0) is 6.54 Å². The lowest BCUT2D eigenvalue weighted by atomic mass is 10.3. The average Bonchev–Trinajstić information content (AvgIpc) is 3.22. The van der Waals surface area contributed by atoms with Gasteiger partial charge in [-0.3, -0.25) is 14.3 Å². The third kappa shape index (κ3) is 3.32. The fourth-order valence-electron chi connectivity index (χ4n) is 2.09. The normalized spacial score (nSPS) is 10.6. The summed E-state index contributed by atoms with van der Waals surface area (Å²) in [6.07, 6.45) is 4.21. The zero-order chi connectivity index (χ0) is 18.0. The molecule has 128 valence electrons. The molecule has 0 fully saturated rings. The summed E-state index contributed by atoms with van der Waals surface area (Å²) in [7, 11) is 0. The summed E-state index contributed by atoms with van der Waals surface area (Å²) in [5.74, 6) is -0.718. The van der Waals surface area contributed by atoms with E-state index in [0.29, 0.717) is 17.9 Å². The number of aryl methyl sites for hydroxylation is 1. The van der Waals surface area contributed by atoms with E-state index in [1.54, 1.807) is 12.1 Å². The standard InChI is InChI=1S/C15H15N7O3/c1-2-22-6-9(12(21-22)13(17)23)19-14(24)10-7-25-15(20-10)8-3-4-11(16)18-5-8/h3-7H,2H2,1H3,(H2,16,18)(H2,17,23)(H,19,24). The van der Waals surface area contributed by atoms with Crippen LogP contribution in [0.1, 0.15) is 27.9 Å². The molecule has 10 nitrogen and oxygen atoms in total. The lowest BCUT2D eigenvalue weighted by molar-refractivity contribution is 0.0995. The number of nitrogens with one attached hydrogen (secondary N) is 1. The largest absolute Gasteiger partial charge is 0.444 e. The molecule has 0 bridgehead atoms. The zero-order valence-electron chi connectivity index (χ0n) is 13.3. The van der Waals surface area contributed by atoms with E-state index in [0.717, 1.165) is 0 Å². The molecule has 3 rings (SSSR count). The van der Waals surface area contributed by atoms with Crippen molar-refractivity contribution in [2.24, 2.45) is 5.73 Å². The monoisotopic (exact) mass is 341 g/mol. The van der Waals surface area contributed by atoms with E-state index in [2.05, 4.69) is 20.4 Å². The summed E-state index contributed by atoms with van der Waals surface area (Å²) < 4.78 is 6.78. The molecule has 0 radical (unpaired) electrons. The van der Waals surface area contributed by atoms with Crippen LogP contribution in [0.2, 0.25) is 0 Å². The minimum atomic E-state index is -0.740. The average molecular weight is 341 g/mol. The minimum Gasteiger partial charge on any atom is -0.444 e. The fraction of sp³-hybridized carbons (Fsp3) is 0.133. The number of pyridine rings is 1. The molecular weight excluding hydrogens is 326 g/mol. The van der Waals surface area contributed by atoms with Gasteiger partial charge in [0.1, 0.15) is 12.1 Å². The molecule has 10 heteroatoms. The topological polar surface area (TPSA) is 155 Å². The number of nitrogens with zero attached hydrogens (tertiary/aromatic N) is 4. The number of carbonyl (C=O) groups is 2. The first-order valence-electron chi connectivity index (χ1n) is 7.34. The molecule has 3 aromatic rings.